The number of anilines is 1. The molecule has 31 heavy (non-hydrogen) atoms. The number of fused-ring (bicyclic) bond motifs is 1. The van der Waals surface area contributed by atoms with Gasteiger partial charge in [0.2, 0.25) is 10.0 Å². The molecule has 2 aliphatic rings. The Balaban J connectivity index is 1.53. The summed E-state index contributed by atoms with van der Waals surface area (Å²) in [7, 11) is 0.283. The molecule has 1 atom stereocenters. The van der Waals surface area contributed by atoms with Crippen LogP contribution >= 0.6 is 0 Å². The predicted molar refractivity (Wildman–Crippen MR) is 119 cm³/mol. The number of morpholine rings is 1. The molecule has 0 spiro atoms. The van der Waals surface area contributed by atoms with Crippen molar-refractivity contribution < 1.29 is 22.6 Å². The minimum Gasteiger partial charge on any atom is -0.486 e. The Kier molecular flexibility index (Phi) is 6.66. The molecule has 0 radical (unpaired) electrons. The molecule has 0 saturated carbocycles. The summed E-state index contributed by atoms with van der Waals surface area (Å²) in [6.07, 6.45) is 0. The van der Waals surface area contributed by atoms with E-state index in [1.165, 1.54) is 6.07 Å². The Bertz CT molecular complexity index is 989. The second kappa shape index (κ2) is 9.44. The average Bonchev–Trinajstić information content (AvgIpc) is 2.80. The van der Waals surface area contributed by atoms with Crippen LogP contribution in [0.1, 0.15) is 11.6 Å². The van der Waals surface area contributed by atoms with Gasteiger partial charge in [-0.1, -0.05) is 12.1 Å². The molecule has 1 N–H and O–H groups in total. The van der Waals surface area contributed by atoms with E-state index in [9.17, 15) is 8.42 Å². The van der Waals surface area contributed by atoms with E-state index in [1.807, 2.05) is 19.0 Å². The monoisotopic (exact) mass is 447 g/mol. The molecule has 2 aromatic rings. The van der Waals surface area contributed by atoms with Crippen LogP contribution in [0.25, 0.3) is 0 Å². The van der Waals surface area contributed by atoms with Crippen molar-refractivity contribution in [2.24, 2.45) is 0 Å². The molecule has 4 rings (SSSR count). The molecule has 0 amide bonds. The summed E-state index contributed by atoms with van der Waals surface area (Å²) >= 11 is 0. The first-order chi connectivity index (χ1) is 14.9. The Morgan fingerprint density at radius 1 is 0.968 bits per heavy atom. The molecule has 0 aliphatic carbocycles. The van der Waals surface area contributed by atoms with Crippen molar-refractivity contribution in [3.05, 3.63) is 48.0 Å². The number of hydrogen-bond donors (Lipinski definition) is 1. The first kappa shape index (κ1) is 21.9. The van der Waals surface area contributed by atoms with E-state index < -0.39 is 10.0 Å². The zero-order valence-electron chi connectivity index (χ0n) is 17.9. The van der Waals surface area contributed by atoms with E-state index >= 15 is 0 Å². The number of rotatable bonds is 7. The lowest BCUT2D eigenvalue weighted by atomic mass is 10.0. The Morgan fingerprint density at radius 3 is 2.32 bits per heavy atom. The molecule has 0 bridgehead atoms. The minimum atomic E-state index is -3.71. The first-order valence-electron chi connectivity index (χ1n) is 10.4. The van der Waals surface area contributed by atoms with Gasteiger partial charge in [0.15, 0.2) is 11.5 Å². The largest absolute Gasteiger partial charge is 0.486 e. The van der Waals surface area contributed by atoms with Crippen molar-refractivity contribution in [1.29, 1.82) is 0 Å². The summed E-state index contributed by atoms with van der Waals surface area (Å²) < 4.78 is 45.4. The third-order valence-corrected chi connectivity index (χ3v) is 6.99. The van der Waals surface area contributed by atoms with Gasteiger partial charge < -0.3 is 19.1 Å². The molecular weight excluding hydrogens is 418 g/mol. The van der Waals surface area contributed by atoms with Crippen LogP contribution in [0.4, 0.5) is 5.69 Å². The van der Waals surface area contributed by atoms with Crippen LogP contribution in [0.3, 0.4) is 0 Å². The molecule has 0 aromatic heterocycles. The van der Waals surface area contributed by atoms with E-state index in [0.29, 0.717) is 37.9 Å². The molecule has 2 aromatic carbocycles. The Labute approximate surface area is 183 Å². The molecular formula is C22H29N3O5S. The van der Waals surface area contributed by atoms with Crippen LogP contribution in [0.15, 0.2) is 47.4 Å². The van der Waals surface area contributed by atoms with E-state index in [2.05, 4.69) is 33.9 Å². The molecule has 1 fully saturated rings. The lowest BCUT2D eigenvalue weighted by Gasteiger charge is -2.35. The van der Waals surface area contributed by atoms with Gasteiger partial charge in [-0.3, -0.25) is 4.90 Å². The zero-order valence-corrected chi connectivity index (χ0v) is 18.7. The number of nitrogens with one attached hydrogen (secondary N) is 1. The van der Waals surface area contributed by atoms with Crippen LogP contribution in [0, 0.1) is 0 Å². The average molecular weight is 448 g/mol. The van der Waals surface area contributed by atoms with Gasteiger partial charge in [0.05, 0.1) is 18.1 Å². The zero-order chi connectivity index (χ0) is 21.8. The molecule has 168 valence electrons. The van der Waals surface area contributed by atoms with Crippen molar-refractivity contribution in [3.8, 4) is 11.5 Å². The molecule has 1 saturated heterocycles. The summed E-state index contributed by atoms with van der Waals surface area (Å²) in [5.74, 6) is 1.02. The van der Waals surface area contributed by atoms with Crippen LogP contribution in [-0.4, -0.2) is 73.5 Å². The second-order valence-corrected chi connectivity index (χ2v) is 9.57. The van der Waals surface area contributed by atoms with Gasteiger partial charge in [-0.25, -0.2) is 13.1 Å². The van der Waals surface area contributed by atoms with E-state index in [-0.39, 0.29) is 17.5 Å². The summed E-state index contributed by atoms with van der Waals surface area (Å²) in [5, 5.41) is 0. The quantitative estimate of drug-likeness (QED) is 0.694. The van der Waals surface area contributed by atoms with Gasteiger partial charge in [-0.05, 0) is 29.8 Å². The van der Waals surface area contributed by atoms with Crippen molar-refractivity contribution in [2.75, 3.05) is 65.1 Å². The third-order valence-electron chi connectivity index (χ3n) is 5.57. The maximum atomic E-state index is 13.0. The van der Waals surface area contributed by atoms with E-state index in [0.717, 1.165) is 24.3 Å². The fourth-order valence-electron chi connectivity index (χ4n) is 3.80. The predicted octanol–water partition coefficient (Wildman–Crippen LogP) is 1.88. The molecule has 2 aliphatic heterocycles. The van der Waals surface area contributed by atoms with Crippen molar-refractivity contribution >= 4 is 15.7 Å². The number of nitrogens with zero attached hydrogens (tertiary/aromatic N) is 2. The number of ether oxygens (including phenoxy) is 3. The Hall–Kier alpha value is -2.33. The van der Waals surface area contributed by atoms with Crippen LogP contribution in [-0.2, 0) is 14.8 Å². The van der Waals surface area contributed by atoms with Crippen molar-refractivity contribution in [1.82, 2.24) is 9.62 Å². The van der Waals surface area contributed by atoms with Gasteiger partial charge in [-0.15, -0.1) is 0 Å². The minimum absolute atomic E-state index is 0.0907. The maximum Gasteiger partial charge on any atom is 0.240 e. The third kappa shape index (κ3) is 5.12. The van der Waals surface area contributed by atoms with Crippen LogP contribution in [0.2, 0.25) is 0 Å². The van der Waals surface area contributed by atoms with E-state index in [1.54, 1.807) is 12.1 Å². The highest BCUT2D eigenvalue weighted by atomic mass is 32.2. The maximum absolute atomic E-state index is 13.0. The second-order valence-electron chi connectivity index (χ2n) is 7.81. The van der Waals surface area contributed by atoms with Crippen molar-refractivity contribution in [3.63, 3.8) is 0 Å². The fourth-order valence-corrected chi connectivity index (χ4v) is 4.86. The smallest absolute Gasteiger partial charge is 0.240 e. The number of benzene rings is 2. The van der Waals surface area contributed by atoms with Crippen molar-refractivity contribution in [2.45, 2.75) is 10.9 Å². The highest BCUT2D eigenvalue weighted by molar-refractivity contribution is 7.89. The van der Waals surface area contributed by atoms with Gasteiger partial charge in [0, 0.05) is 51.5 Å². The summed E-state index contributed by atoms with van der Waals surface area (Å²) in [4.78, 5) is 4.47. The van der Waals surface area contributed by atoms with Crippen LogP contribution < -0.4 is 19.1 Å². The Morgan fingerprint density at radius 2 is 1.65 bits per heavy atom. The standard InChI is InChI=1S/C22H29N3O5S/c1-24(2)18-5-3-17(4-6-18)20(25-9-11-28-12-10-25)16-23-31(26,27)19-7-8-21-22(15-19)30-14-13-29-21/h3-8,15,20,23H,9-14,16H2,1-2H3. The fraction of sp³-hybridized carbons (Fsp3) is 0.455. The molecule has 8 nitrogen and oxygen atoms in total. The number of sulfonamides is 1. The normalized spacial score (nSPS) is 17.9. The molecule has 9 heteroatoms. The lowest BCUT2D eigenvalue weighted by molar-refractivity contribution is 0.0172. The molecule has 1 unspecified atom stereocenters. The first-order valence-corrected chi connectivity index (χ1v) is 11.9. The lowest BCUT2D eigenvalue weighted by Crippen LogP contribution is -2.43. The van der Waals surface area contributed by atoms with Gasteiger partial charge in [0.1, 0.15) is 13.2 Å². The van der Waals surface area contributed by atoms with E-state index in [4.69, 9.17) is 14.2 Å². The highest BCUT2D eigenvalue weighted by Gasteiger charge is 2.26. The molecule has 2 heterocycles. The van der Waals surface area contributed by atoms with Gasteiger partial charge >= 0.3 is 0 Å². The van der Waals surface area contributed by atoms with Gasteiger partial charge in [0.25, 0.3) is 0 Å². The summed E-state index contributed by atoms with van der Waals surface area (Å²) in [6.45, 7) is 3.93. The van der Waals surface area contributed by atoms with Gasteiger partial charge in [-0.2, -0.15) is 0 Å². The summed E-state index contributed by atoms with van der Waals surface area (Å²) in [5.41, 5.74) is 2.17. The van der Waals surface area contributed by atoms with Crippen LogP contribution in [0.5, 0.6) is 11.5 Å². The highest BCUT2D eigenvalue weighted by Crippen LogP contribution is 2.32. The SMILES string of the molecule is CN(C)c1ccc(C(CNS(=O)(=O)c2ccc3c(c2)OCCO3)N2CCOCC2)cc1. The topological polar surface area (TPSA) is 80.3 Å². The number of hydrogen-bond acceptors (Lipinski definition) is 7. The summed E-state index contributed by atoms with van der Waals surface area (Å²) in [6, 6.07) is 12.9.